The van der Waals surface area contributed by atoms with Gasteiger partial charge in [0.2, 0.25) is 5.88 Å². The fourth-order valence-corrected chi connectivity index (χ4v) is 1.92. The number of nitrogens with zero attached hydrogens (tertiary/aromatic N) is 3. The van der Waals surface area contributed by atoms with Gasteiger partial charge in [-0.3, -0.25) is 0 Å². The summed E-state index contributed by atoms with van der Waals surface area (Å²) in [6.45, 7) is 4.03. The van der Waals surface area contributed by atoms with Crippen molar-refractivity contribution in [2.24, 2.45) is 0 Å². The molecule has 0 amide bonds. The molecule has 1 aliphatic heterocycles. The maximum absolute atomic E-state index is 5.92. The van der Waals surface area contributed by atoms with Crippen LogP contribution in [0.3, 0.4) is 0 Å². The number of hydrogen-bond donors (Lipinski definition) is 0. The van der Waals surface area contributed by atoms with Crippen molar-refractivity contribution in [2.45, 2.75) is 25.9 Å². The molecule has 0 saturated carbocycles. The van der Waals surface area contributed by atoms with E-state index in [1.54, 1.807) is 0 Å². The lowest BCUT2D eigenvalue weighted by Gasteiger charge is -2.29. The zero-order valence-electron chi connectivity index (χ0n) is 9.61. The topological polar surface area (TPSA) is 38.3 Å². The first kappa shape index (κ1) is 11.6. The average molecular weight is 242 g/mol. The number of piperidine rings is 1. The highest BCUT2D eigenvalue weighted by atomic mass is 35.5. The van der Waals surface area contributed by atoms with Crippen LogP contribution in [0.15, 0.2) is 6.33 Å². The maximum atomic E-state index is 5.92. The predicted molar refractivity (Wildman–Crippen MR) is 62.9 cm³/mol. The van der Waals surface area contributed by atoms with Gasteiger partial charge in [-0.1, -0.05) is 11.6 Å². The van der Waals surface area contributed by atoms with Crippen LogP contribution in [0.25, 0.3) is 0 Å². The number of likely N-dealkylation sites (tertiary alicyclic amines) is 1. The Morgan fingerprint density at radius 3 is 2.75 bits per heavy atom. The van der Waals surface area contributed by atoms with Crippen molar-refractivity contribution in [1.82, 2.24) is 14.9 Å². The third-order valence-corrected chi connectivity index (χ3v) is 3.30. The van der Waals surface area contributed by atoms with Gasteiger partial charge in [0.1, 0.15) is 17.6 Å². The lowest BCUT2D eigenvalue weighted by Crippen LogP contribution is -2.35. The van der Waals surface area contributed by atoms with Gasteiger partial charge in [0.25, 0.3) is 0 Å². The Morgan fingerprint density at radius 1 is 1.38 bits per heavy atom. The molecule has 0 unspecified atom stereocenters. The molecule has 0 aliphatic carbocycles. The lowest BCUT2D eigenvalue weighted by molar-refractivity contribution is 0.109. The van der Waals surface area contributed by atoms with Gasteiger partial charge in [-0.25, -0.2) is 9.97 Å². The molecule has 1 aromatic heterocycles. The van der Waals surface area contributed by atoms with E-state index < -0.39 is 0 Å². The average Bonchev–Trinajstić information content (AvgIpc) is 2.28. The maximum Gasteiger partial charge on any atom is 0.221 e. The van der Waals surface area contributed by atoms with Gasteiger partial charge in [0.05, 0.1) is 0 Å². The molecule has 4 nitrogen and oxygen atoms in total. The van der Waals surface area contributed by atoms with Crippen LogP contribution in [-0.2, 0) is 0 Å². The normalized spacial score (nSPS) is 18.7. The SMILES string of the molecule is Cc1c(Cl)ncnc1OC1CCN(C)CC1. The van der Waals surface area contributed by atoms with Crippen LogP contribution in [0.1, 0.15) is 18.4 Å². The van der Waals surface area contributed by atoms with Crippen molar-refractivity contribution < 1.29 is 4.74 Å². The minimum Gasteiger partial charge on any atom is -0.474 e. The minimum absolute atomic E-state index is 0.251. The van der Waals surface area contributed by atoms with E-state index in [1.807, 2.05) is 6.92 Å². The zero-order chi connectivity index (χ0) is 11.5. The molecule has 88 valence electrons. The van der Waals surface area contributed by atoms with Gasteiger partial charge in [0, 0.05) is 18.7 Å². The number of hydrogen-bond acceptors (Lipinski definition) is 4. The second-order valence-corrected chi connectivity index (χ2v) is 4.57. The third kappa shape index (κ3) is 2.62. The first-order valence-electron chi connectivity index (χ1n) is 5.49. The first-order valence-corrected chi connectivity index (χ1v) is 5.87. The van der Waals surface area contributed by atoms with Crippen molar-refractivity contribution >= 4 is 11.6 Å². The number of ether oxygens (including phenoxy) is 1. The Bertz CT molecular complexity index is 364. The van der Waals surface area contributed by atoms with Crippen LogP contribution in [0.5, 0.6) is 5.88 Å². The van der Waals surface area contributed by atoms with Crippen LogP contribution in [-0.4, -0.2) is 41.1 Å². The van der Waals surface area contributed by atoms with Gasteiger partial charge in [0.15, 0.2) is 0 Å². The summed E-state index contributed by atoms with van der Waals surface area (Å²) in [5.74, 6) is 0.620. The van der Waals surface area contributed by atoms with Crippen LogP contribution in [0.2, 0.25) is 5.15 Å². The van der Waals surface area contributed by atoms with E-state index in [9.17, 15) is 0 Å². The van der Waals surface area contributed by atoms with Crippen LogP contribution in [0.4, 0.5) is 0 Å². The monoisotopic (exact) mass is 241 g/mol. The van der Waals surface area contributed by atoms with Crippen LogP contribution in [0, 0.1) is 6.92 Å². The number of rotatable bonds is 2. The Morgan fingerprint density at radius 2 is 2.06 bits per heavy atom. The van der Waals surface area contributed by atoms with Crippen molar-refractivity contribution in [3.63, 3.8) is 0 Å². The summed E-state index contributed by atoms with van der Waals surface area (Å²) in [5.41, 5.74) is 0.822. The van der Waals surface area contributed by atoms with Crippen molar-refractivity contribution in [3.8, 4) is 5.88 Å². The summed E-state index contributed by atoms with van der Waals surface area (Å²) in [6.07, 6.45) is 3.77. The standard InChI is InChI=1S/C11H16ClN3O/c1-8-10(12)13-7-14-11(8)16-9-3-5-15(2)6-4-9/h7,9H,3-6H2,1-2H3. The van der Waals surface area contributed by atoms with E-state index in [0.717, 1.165) is 31.5 Å². The third-order valence-electron chi connectivity index (χ3n) is 2.92. The van der Waals surface area contributed by atoms with Crippen molar-refractivity contribution in [3.05, 3.63) is 17.0 Å². The fraction of sp³-hybridized carbons (Fsp3) is 0.636. The van der Waals surface area contributed by atoms with E-state index in [2.05, 4.69) is 21.9 Å². The summed E-state index contributed by atoms with van der Waals surface area (Å²) in [6, 6.07) is 0. The molecule has 5 heteroatoms. The molecule has 1 saturated heterocycles. The molecule has 1 aromatic rings. The van der Waals surface area contributed by atoms with E-state index in [-0.39, 0.29) is 6.10 Å². The molecule has 0 atom stereocenters. The molecule has 0 bridgehead atoms. The Hall–Kier alpha value is -0.870. The lowest BCUT2D eigenvalue weighted by atomic mass is 10.1. The molecule has 2 heterocycles. The zero-order valence-corrected chi connectivity index (χ0v) is 10.4. The minimum atomic E-state index is 0.251. The highest BCUT2D eigenvalue weighted by Gasteiger charge is 2.19. The summed E-state index contributed by atoms with van der Waals surface area (Å²) < 4.78 is 5.85. The molecule has 1 fully saturated rings. The second kappa shape index (κ2) is 4.97. The van der Waals surface area contributed by atoms with Crippen molar-refractivity contribution in [1.29, 1.82) is 0 Å². The van der Waals surface area contributed by atoms with Gasteiger partial charge in [-0.05, 0) is 26.8 Å². The molecule has 16 heavy (non-hydrogen) atoms. The van der Waals surface area contributed by atoms with Gasteiger partial charge in [-0.15, -0.1) is 0 Å². The van der Waals surface area contributed by atoms with Crippen LogP contribution >= 0.6 is 11.6 Å². The van der Waals surface area contributed by atoms with Crippen molar-refractivity contribution in [2.75, 3.05) is 20.1 Å². The summed E-state index contributed by atoms with van der Waals surface area (Å²) in [7, 11) is 2.13. The molecule has 2 rings (SSSR count). The first-order chi connectivity index (χ1) is 7.66. The summed E-state index contributed by atoms with van der Waals surface area (Å²) in [4.78, 5) is 10.3. The molecule has 0 radical (unpaired) electrons. The van der Waals surface area contributed by atoms with E-state index in [0.29, 0.717) is 11.0 Å². The Labute approximate surface area is 101 Å². The highest BCUT2D eigenvalue weighted by molar-refractivity contribution is 6.30. The number of aromatic nitrogens is 2. The predicted octanol–water partition coefficient (Wildman–Crippen LogP) is 1.91. The van der Waals surface area contributed by atoms with E-state index in [1.165, 1.54) is 6.33 Å². The number of halogens is 1. The van der Waals surface area contributed by atoms with E-state index in [4.69, 9.17) is 16.3 Å². The molecule has 1 aliphatic rings. The Balaban J connectivity index is 2.01. The molecular formula is C11H16ClN3O. The molecule has 0 aromatic carbocycles. The highest BCUT2D eigenvalue weighted by Crippen LogP contribution is 2.23. The van der Waals surface area contributed by atoms with Gasteiger partial charge < -0.3 is 9.64 Å². The largest absolute Gasteiger partial charge is 0.474 e. The van der Waals surface area contributed by atoms with Gasteiger partial charge in [-0.2, -0.15) is 0 Å². The molecule has 0 N–H and O–H groups in total. The van der Waals surface area contributed by atoms with E-state index >= 15 is 0 Å². The van der Waals surface area contributed by atoms with Crippen LogP contribution < -0.4 is 4.74 Å². The summed E-state index contributed by atoms with van der Waals surface area (Å²) in [5, 5.41) is 0.470. The summed E-state index contributed by atoms with van der Waals surface area (Å²) >= 11 is 5.92. The molecular weight excluding hydrogens is 226 g/mol. The quantitative estimate of drug-likeness (QED) is 0.742. The fourth-order valence-electron chi connectivity index (χ4n) is 1.79. The smallest absolute Gasteiger partial charge is 0.221 e. The second-order valence-electron chi connectivity index (χ2n) is 4.22. The Kier molecular flexibility index (Phi) is 3.61. The molecule has 0 spiro atoms. The van der Waals surface area contributed by atoms with Gasteiger partial charge >= 0.3 is 0 Å².